The van der Waals surface area contributed by atoms with Crippen LogP contribution in [0.25, 0.3) is 6.08 Å². The first-order valence-electron chi connectivity index (χ1n) is 8.86. The first kappa shape index (κ1) is 20.8. The van der Waals surface area contributed by atoms with Crippen LogP contribution in [-0.4, -0.2) is 32.9 Å². The number of rotatable bonds is 9. The number of aryl methyl sites for hydroxylation is 1. The number of benzene rings is 2. The van der Waals surface area contributed by atoms with Crippen LogP contribution in [-0.2, 0) is 9.53 Å². The molecule has 0 aliphatic carbocycles. The van der Waals surface area contributed by atoms with Crippen LogP contribution in [0, 0.1) is 18.3 Å². The van der Waals surface area contributed by atoms with Gasteiger partial charge in [-0.2, -0.15) is 5.26 Å². The van der Waals surface area contributed by atoms with Crippen LogP contribution in [0.4, 0.5) is 0 Å². The van der Waals surface area contributed by atoms with Gasteiger partial charge in [-0.15, -0.1) is 0 Å². The van der Waals surface area contributed by atoms with Crippen LogP contribution in [0.1, 0.15) is 18.1 Å². The second kappa shape index (κ2) is 10.6. The SMILES string of the molecule is CCOC(=O)C(C#N)=Cc1ccc(OCCOc2ccc(C)cc2)c(OC)c1. The van der Waals surface area contributed by atoms with Gasteiger partial charge in [-0.05, 0) is 49.8 Å². The molecule has 146 valence electrons. The third-order valence-electron chi connectivity index (χ3n) is 3.75. The summed E-state index contributed by atoms with van der Waals surface area (Å²) in [6.07, 6.45) is 1.45. The molecule has 0 heterocycles. The van der Waals surface area contributed by atoms with Gasteiger partial charge in [0.1, 0.15) is 30.6 Å². The number of carbonyl (C=O) groups is 1. The van der Waals surface area contributed by atoms with Crippen molar-refractivity contribution in [1.82, 2.24) is 0 Å². The molecule has 2 aromatic carbocycles. The fourth-order valence-electron chi connectivity index (χ4n) is 2.35. The molecule has 0 unspecified atom stereocenters. The van der Waals surface area contributed by atoms with Crippen LogP contribution in [0.2, 0.25) is 0 Å². The van der Waals surface area contributed by atoms with Gasteiger partial charge < -0.3 is 18.9 Å². The van der Waals surface area contributed by atoms with Crippen molar-refractivity contribution >= 4 is 12.0 Å². The highest BCUT2D eigenvalue weighted by molar-refractivity contribution is 5.97. The summed E-state index contributed by atoms with van der Waals surface area (Å²) in [4.78, 5) is 11.7. The summed E-state index contributed by atoms with van der Waals surface area (Å²) >= 11 is 0. The molecule has 0 radical (unpaired) electrons. The number of hydrogen-bond acceptors (Lipinski definition) is 6. The van der Waals surface area contributed by atoms with Gasteiger partial charge in [0.15, 0.2) is 11.5 Å². The molecular weight excluding hydrogens is 358 g/mol. The van der Waals surface area contributed by atoms with E-state index in [0.29, 0.717) is 30.3 Å². The van der Waals surface area contributed by atoms with E-state index in [1.807, 2.05) is 37.3 Å². The summed E-state index contributed by atoms with van der Waals surface area (Å²) < 4.78 is 21.6. The van der Waals surface area contributed by atoms with Crippen molar-refractivity contribution in [3.05, 3.63) is 59.2 Å². The number of nitriles is 1. The van der Waals surface area contributed by atoms with Crippen molar-refractivity contribution in [3.63, 3.8) is 0 Å². The predicted octanol–water partition coefficient (Wildman–Crippen LogP) is 3.93. The Morgan fingerprint density at radius 2 is 1.79 bits per heavy atom. The molecule has 0 aromatic heterocycles. The maximum atomic E-state index is 11.7. The Morgan fingerprint density at radius 3 is 2.43 bits per heavy atom. The van der Waals surface area contributed by atoms with Crippen molar-refractivity contribution in [3.8, 4) is 23.3 Å². The topological polar surface area (TPSA) is 77.8 Å². The molecule has 2 aromatic rings. The third kappa shape index (κ3) is 6.06. The van der Waals surface area contributed by atoms with Gasteiger partial charge in [0.2, 0.25) is 0 Å². The van der Waals surface area contributed by atoms with Gasteiger partial charge in [0, 0.05) is 0 Å². The van der Waals surface area contributed by atoms with Gasteiger partial charge in [-0.25, -0.2) is 4.79 Å². The minimum Gasteiger partial charge on any atom is -0.493 e. The number of hydrogen-bond donors (Lipinski definition) is 0. The molecule has 0 amide bonds. The highest BCUT2D eigenvalue weighted by Gasteiger charge is 2.11. The maximum absolute atomic E-state index is 11.7. The highest BCUT2D eigenvalue weighted by atomic mass is 16.5. The second-order valence-electron chi connectivity index (χ2n) is 5.81. The largest absolute Gasteiger partial charge is 0.493 e. The fourth-order valence-corrected chi connectivity index (χ4v) is 2.35. The highest BCUT2D eigenvalue weighted by Crippen LogP contribution is 2.29. The predicted molar refractivity (Wildman–Crippen MR) is 105 cm³/mol. The zero-order valence-electron chi connectivity index (χ0n) is 16.2. The fraction of sp³-hybridized carbons (Fsp3) is 0.273. The van der Waals surface area contributed by atoms with Crippen LogP contribution < -0.4 is 14.2 Å². The summed E-state index contributed by atoms with van der Waals surface area (Å²) in [7, 11) is 1.52. The van der Waals surface area contributed by atoms with Crippen molar-refractivity contribution in [1.29, 1.82) is 5.26 Å². The molecule has 0 bridgehead atoms. The Kier molecular flexibility index (Phi) is 7.92. The van der Waals surface area contributed by atoms with Crippen molar-refractivity contribution in [2.75, 3.05) is 26.9 Å². The first-order valence-corrected chi connectivity index (χ1v) is 8.86. The molecule has 0 N–H and O–H groups in total. The Bertz CT molecular complexity index is 865. The van der Waals surface area contributed by atoms with E-state index in [9.17, 15) is 4.79 Å². The lowest BCUT2D eigenvalue weighted by Gasteiger charge is -2.12. The molecule has 0 saturated carbocycles. The first-order chi connectivity index (χ1) is 13.6. The molecule has 2 rings (SSSR count). The molecule has 0 aliphatic rings. The minimum atomic E-state index is -0.655. The van der Waals surface area contributed by atoms with Gasteiger partial charge >= 0.3 is 5.97 Å². The lowest BCUT2D eigenvalue weighted by Crippen LogP contribution is -2.09. The van der Waals surface area contributed by atoms with E-state index >= 15 is 0 Å². The molecular formula is C22H23NO5. The average molecular weight is 381 g/mol. The summed E-state index contributed by atoms with van der Waals surface area (Å²) in [5.41, 5.74) is 1.72. The van der Waals surface area contributed by atoms with Gasteiger partial charge in [-0.1, -0.05) is 23.8 Å². The van der Waals surface area contributed by atoms with Crippen molar-refractivity contribution in [2.45, 2.75) is 13.8 Å². The average Bonchev–Trinajstić information content (AvgIpc) is 2.71. The quantitative estimate of drug-likeness (QED) is 0.283. The molecule has 0 spiro atoms. The molecule has 28 heavy (non-hydrogen) atoms. The monoisotopic (exact) mass is 381 g/mol. The second-order valence-corrected chi connectivity index (χ2v) is 5.81. The summed E-state index contributed by atoms with van der Waals surface area (Å²) in [6.45, 7) is 4.63. The van der Waals surface area contributed by atoms with E-state index in [4.69, 9.17) is 24.2 Å². The Labute approximate surface area is 164 Å². The molecule has 0 fully saturated rings. The molecule has 6 nitrogen and oxygen atoms in total. The molecule has 0 aliphatic heterocycles. The number of methoxy groups -OCH3 is 1. The van der Waals surface area contributed by atoms with Crippen molar-refractivity contribution < 1.29 is 23.7 Å². The van der Waals surface area contributed by atoms with Crippen LogP contribution in [0.5, 0.6) is 17.2 Å². The summed E-state index contributed by atoms with van der Waals surface area (Å²) in [5, 5.41) is 9.13. The van der Waals surface area contributed by atoms with Crippen LogP contribution >= 0.6 is 0 Å². The number of ether oxygens (including phenoxy) is 4. The van der Waals surface area contributed by atoms with E-state index in [1.54, 1.807) is 25.1 Å². The Morgan fingerprint density at radius 1 is 1.07 bits per heavy atom. The van der Waals surface area contributed by atoms with E-state index in [1.165, 1.54) is 18.7 Å². The number of esters is 1. The normalized spacial score (nSPS) is 10.7. The molecule has 0 saturated heterocycles. The number of nitrogens with zero attached hydrogens (tertiary/aromatic N) is 1. The van der Waals surface area contributed by atoms with Crippen LogP contribution in [0.3, 0.4) is 0 Å². The molecule has 0 atom stereocenters. The summed E-state index contributed by atoms with van der Waals surface area (Å²) in [5.74, 6) is 1.16. The smallest absolute Gasteiger partial charge is 0.348 e. The van der Waals surface area contributed by atoms with Gasteiger partial charge in [0.05, 0.1) is 13.7 Å². The van der Waals surface area contributed by atoms with Gasteiger partial charge in [0.25, 0.3) is 0 Å². The number of carbonyl (C=O) groups excluding carboxylic acids is 1. The maximum Gasteiger partial charge on any atom is 0.348 e. The van der Waals surface area contributed by atoms with E-state index in [-0.39, 0.29) is 12.2 Å². The van der Waals surface area contributed by atoms with E-state index in [0.717, 1.165) is 5.75 Å². The van der Waals surface area contributed by atoms with Crippen molar-refractivity contribution in [2.24, 2.45) is 0 Å². The Balaban J connectivity index is 1.99. The lowest BCUT2D eigenvalue weighted by molar-refractivity contribution is -0.137. The Hall–Kier alpha value is -3.46. The van der Waals surface area contributed by atoms with Gasteiger partial charge in [-0.3, -0.25) is 0 Å². The minimum absolute atomic E-state index is 0.0796. The van der Waals surface area contributed by atoms with E-state index in [2.05, 4.69) is 0 Å². The van der Waals surface area contributed by atoms with E-state index < -0.39 is 5.97 Å². The zero-order valence-corrected chi connectivity index (χ0v) is 16.2. The molecule has 6 heteroatoms. The standard InChI is InChI=1S/C22H23NO5/c1-4-26-22(24)18(15-23)13-17-7-10-20(21(14-17)25-3)28-12-11-27-19-8-5-16(2)6-9-19/h5-10,13-14H,4,11-12H2,1-3H3. The lowest BCUT2D eigenvalue weighted by atomic mass is 10.1. The third-order valence-corrected chi connectivity index (χ3v) is 3.75. The van der Waals surface area contributed by atoms with Crippen LogP contribution in [0.15, 0.2) is 48.0 Å². The summed E-state index contributed by atoms with van der Waals surface area (Å²) in [6, 6.07) is 14.8. The zero-order chi connectivity index (χ0) is 20.4.